The standard InChI is InChI=1S/C13H16N4O2/c14-16-13(18)9-5-6-19-12(9)7-17-8-15-10-3-1-2-4-11(10)17/h5-6,8H,1-4,7,14H2,(H,16,18). The topological polar surface area (TPSA) is 86.1 Å². The molecule has 1 aliphatic carbocycles. The minimum atomic E-state index is -0.335. The highest BCUT2D eigenvalue weighted by Crippen LogP contribution is 2.21. The molecule has 0 bridgehead atoms. The molecule has 3 N–H and O–H groups in total. The van der Waals surface area contributed by atoms with Crippen LogP contribution in [0.2, 0.25) is 0 Å². The predicted octanol–water partition coefficient (Wildman–Crippen LogP) is 1.01. The molecule has 0 aromatic carbocycles. The van der Waals surface area contributed by atoms with Crippen molar-refractivity contribution in [1.82, 2.24) is 15.0 Å². The van der Waals surface area contributed by atoms with Gasteiger partial charge < -0.3 is 8.98 Å². The summed E-state index contributed by atoms with van der Waals surface area (Å²) in [7, 11) is 0. The molecule has 0 unspecified atom stereocenters. The summed E-state index contributed by atoms with van der Waals surface area (Å²) in [5.74, 6) is 5.43. The van der Waals surface area contributed by atoms with Crippen LogP contribution in [0, 0.1) is 0 Å². The third-order valence-corrected chi connectivity index (χ3v) is 3.55. The lowest BCUT2D eigenvalue weighted by molar-refractivity contribution is 0.0951. The predicted molar refractivity (Wildman–Crippen MR) is 68.3 cm³/mol. The Morgan fingerprint density at radius 2 is 2.32 bits per heavy atom. The molecular weight excluding hydrogens is 244 g/mol. The maximum absolute atomic E-state index is 11.6. The molecule has 0 aliphatic heterocycles. The van der Waals surface area contributed by atoms with E-state index in [1.165, 1.54) is 30.5 Å². The van der Waals surface area contributed by atoms with Crippen molar-refractivity contribution in [3.05, 3.63) is 41.4 Å². The highest BCUT2D eigenvalue weighted by Gasteiger charge is 2.18. The molecule has 0 saturated carbocycles. The van der Waals surface area contributed by atoms with Crippen molar-refractivity contribution < 1.29 is 9.21 Å². The number of nitrogen functional groups attached to an aromatic ring is 1. The summed E-state index contributed by atoms with van der Waals surface area (Å²) in [6.07, 6.45) is 7.79. The molecule has 2 aromatic heterocycles. The Balaban J connectivity index is 1.88. The Labute approximate surface area is 110 Å². The number of hydrogen-bond acceptors (Lipinski definition) is 4. The van der Waals surface area contributed by atoms with E-state index in [9.17, 15) is 4.79 Å². The van der Waals surface area contributed by atoms with Crippen molar-refractivity contribution in [3.8, 4) is 0 Å². The van der Waals surface area contributed by atoms with Crippen LogP contribution < -0.4 is 11.3 Å². The first-order chi connectivity index (χ1) is 9.29. The van der Waals surface area contributed by atoms with Crippen molar-refractivity contribution in [2.75, 3.05) is 0 Å². The van der Waals surface area contributed by atoms with E-state index in [0.717, 1.165) is 12.8 Å². The second-order valence-electron chi connectivity index (χ2n) is 4.70. The van der Waals surface area contributed by atoms with Crippen LogP contribution in [0.4, 0.5) is 0 Å². The quantitative estimate of drug-likeness (QED) is 0.490. The van der Waals surface area contributed by atoms with Gasteiger partial charge in [-0.15, -0.1) is 0 Å². The molecule has 0 fully saturated rings. The Morgan fingerprint density at radius 3 is 3.16 bits per heavy atom. The number of hydrazine groups is 1. The van der Waals surface area contributed by atoms with Gasteiger partial charge in [-0.1, -0.05) is 0 Å². The normalized spacial score (nSPS) is 14.2. The summed E-state index contributed by atoms with van der Waals surface area (Å²) in [6, 6.07) is 1.63. The van der Waals surface area contributed by atoms with Crippen LogP contribution in [0.1, 0.15) is 40.3 Å². The summed E-state index contributed by atoms with van der Waals surface area (Å²) >= 11 is 0. The number of aryl methyl sites for hydroxylation is 1. The summed E-state index contributed by atoms with van der Waals surface area (Å²) in [5.41, 5.74) is 5.02. The molecule has 100 valence electrons. The van der Waals surface area contributed by atoms with Crippen LogP contribution in [0.25, 0.3) is 0 Å². The molecule has 2 heterocycles. The second-order valence-corrected chi connectivity index (χ2v) is 4.70. The molecule has 2 aromatic rings. The molecule has 6 nitrogen and oxygen atoms in total. The third kappa shape index (κ3) is 2.15. The minimum Gasteiger partial charge on any atom is -0.467 e. The number of amides is 1. The molecule has 0 saturated heterocycles. The summed E-state index contributed by atoms with van der Waals surface area (Å²) < 4.78 is 7.44. The molecule has 1 aliphatic rings. The lowest BCUT2D eigenvalue weighted by Crippen LogP contribution is -2.30. The fourth-order valence-corrected chi connectivity index (χ4v) is 2.57. The van der Waals surface area contributed by atoms with Gasteiger partial charge in [0.25, 0.3) is 5.91 Å². The average Bonchev–Trinajstić information content (AvgIpc) is 3.06. The molecule has 0 spiro atoms. The molecule has 0 atom stereocenters. The zero-order valence-corrected chi connectivity index (χ0v) is 10.6. The zero-order valence-electron chi connectivity index (χ0n) is 10.6. The fraction of sp³-hybridized carbons (Fsp3) is 0.385. The maximum Gasteiger partial charge on any atom is 0.268 e. The second kappa shape index (κ2) is 4.89. The number of hydrogen-bond donors (Lipinski definition) is 2. The zero-order chi connectivity index (χ0) is 13.2. The number of nitrogens with two attached hydrogens (primary N) is 1. The van der Waals surface area contributed by atoms with Crippen molar-refractivity contribution in [1.29, 1.82) is 0 Å². The highest BCUT2D eigenvalue weighted by atomic mass is 16.3. The van der Waals surface area contributed by atoms with E-state index in [2.05, 4.69) is 15.0 Å². The van der Waals surface area contributed by atoms with Crippen molar-refractivity contribution in [2.24, 2.45) is 5.84 Å². The average molecular weight is 260 g/mol. The van der Waals surface area contributed by atoms with Gasteiger partial charge in [0.1, 0.15) is 5.76 Å². The lowest BCUT2D eigenvalue weighted by Gasteiger charge is -2.13. The number of furan rings is 1. The Morgan fingerprint density at radius 1 is 1.47 bits per heavy atom. The van der Waals surface area contributed by atoms with Gasteiger partial charge >= 0.3 is 0 Å². The van der Waals surface area contributed by atoms with Gasteiger partial charge in [0.05, 0.1) is 30.4 Å². The van der Waals surface area contributed by atoms with E-state index in [1.807, 2.05) is 6.33 Å². The van der Waals surface area contributed by atoms with E-state index in [0.29, 0.717) is 17.9 Å². The molecule has 3 rings (SSSR count). The molecule has 19 heavy (non-hydrogen) atoms. The summed E-state index contributed by atoms with van der Waals surface area (Å²) in [5, 5.41) is 0. The van der Waals surface area contributed by atoms with Crippen LogP contribution in [0.3, 0.4) is 0 Å². The molecular formula is C13H16N4O2. The Hall–Kier alpha value is -2.08. The summed E-state index contributed by atoms with van der Waals surface area (Å²) in [6.45, 7) is 0.512. The van der Waals surface area contributed by atoms with Crippen LogP contribution >= 0.6 is 0 Å². The SMILES string of the molecule is NNC(=O)c1ccoc1Cn1cnc2c1CCCC2. The van der Waals surface area contributed by atoms with Gasteiger partial charge in [0, 0.05) is 5.69 Å². The van der Waals surface area contributed by atoms with Crippen LogP contribution in [0.5, 0.6) is 0 Å². The number of rotatable bonds is 3. The molecule has 6 heteroatoms. The fourth-order valence-electron chi connectivity index (χ4n) is 2.57. The van der Waals surface area contributed by atoms with Crippen molar-refractivity contribution in [3.63, 3.8) is 0 Å². The van der Waals surface area contributed by atoms with E-state index in [4.69, 9.17) is 10.3 Å². The number of fused-ring (bicyclic) bond motifs is 1. The number of nitrogens with zero attached hydrogens (tertiary/aromatic N) is 2. The van der Waals surface area contributed by atoms with E-state index in [-0.39, 0.29) is 5.91 Å². The van der Waals surface area contributed by atoms with E-state index >= 15 is 0 Å². The van der Waals surface area contributed by atoms with Crippen LogP contribution in [-0.2, 0) is 19.4 Å². The lowest BCUT2D eigenvalue weighted by atomic mass is 10.0. The van der Waals surface area contributed by atoms with E-state index in [1.54, 1.807) is 6.07 Å². The summed E-state index contributed by atoms with van der Waals surface area (Å²) in [4.78, 5) is 16.0. The van der Waals surface area contributed by atoms with E-state index < -0.39 is 0 Å². The van der Waals surface area contributed by atoms with Gasteiger partial charge in [-0.2, -0.15) is 0 Å². The van der Waals surface area contributed by atoms with Gasteiger partial charge in [0.2, 0.25) is 0 Å². The first kappa shape index (κ1) is 12.0. The van der Waals surface area contributed by atoms with Crippen LogP contribution in [0.15, 0.2) is 23.1 Å². The number of nitrogens with one attached hydrogen (secondary N) is 1. The third-order valence-electron chi connectivity index (χ3n) is 3.55. The monoisotopic (exact) mass is 260 g/mol. The number of aromatic nitrogens is 2. The Kier molecular flexibility index (Phi) is 3.08. The minimum absolute atomic E-state index is 0.335. The van der Waals surface area contributed by atoms with Gasteiger partial charge in [-0.25, -0.2) is 10.8 Å². The smallest absolute Gasteiger partial charge is 0.268 e. The first-order valence-corrected chi connectivity index (χ1v) is 6.40. The number of carbonyl (C=O) groups excluding carboxylic acids is 1. The Bertz CT molecular complexity index is 600. The number of carbonyl (C=O) groups is 1. The first-order valence-electron chi connectivity index (χ1n) is 6.40. The maximum atomic E-state index is 11.6. The van der Waals surface area contributed by atoms with Crippen molar-refractivity contribution in [2.45, 2.75) is 32.2 Å². The van der Waals surface area contributed by atoms with Gasteiger partial charge in [0.15, 0.2) is 0 Å². The van der Waals surface area contributed by atoms with Crippen LogP contribution in [-0.4, -0.2) is 15.5 Å². The van der Waals surface area contributed by atoms with Crippen molar-refractivity contribution >= 4 is 5.91 Å². The van der Waals surface area contributed by atoms with Gasteiger partial charge in [-0.05, 0) is 31.7 Å². The molecule has 0 radical (unpaired) electrons. The number of imidazole rings is 1. The highest BCUT2D eigenvalue weighted by molar-refractivity contribution is 5.94. The molecule has 1 amide bonds. The van der Waals surface area contributed by atoms with Gasteiger partial charge in [-0.3, -0.25) is 10.2 Å². The largest absolute Gasteiger partial charge is 0.467 e.